The molecule has 1 rings (SSSR count). The van der Waals surface area contributed by atoms with Gasteiger partial charge in [0, 0.05) is 0 Å². The number of hydrogen-bond donors (Lipinski definition) is 2. The largest absolute Gasteiger partial charge is 0.368 e. The molecule has 0 bridgehead atoms. The Morgan fingerprint density at radius 1 is 1.60 bits per heavy atom. The lowest BCUT2D eigenvalue weighted by molar-refractivity contribution is -0.124. The third-order valence-electron chi connectivity index (χ3n) is 2.16. The Balaban J connectivity index is 2.56. The van der Waals surface area contributed by atoms with Crippen LogP contribution in [0, 0.1) is 0 Å². The fraction of sp³-hybridized carbons (Fsp3) is 0.857. The van der Waals surface area contributed by atoms with Gasteiger partial charge in [0.25, 0.3) is 0 Å². The van der Waals surface area contributed by atoms with Gasteiger partial charge >= 0.3 is 0 Å². The van der Waals surface area contributed by atoms with Crippen LogP contribution in [0.4, 0.5) is 0 Å². The molecule has 58 valence electrons. The van der Waals surface area contributed by atoms with Crippen LogP contribution in [-0.4, -0.2) is 18.0 Å². The van der Waals surface area contributed by atoms with Gasteiger partial charge in [-0.05, 0) is 32.7 Å². The molecule has 3 heteroatoms. The summed E-state index contributed by atoms with van der Waals surface area (Å²) in [6, 6.07) is 0. The van der Waals surface area contributed by atoms with E-state index < -0.39 is 5.54 Å². The zero-order valence-electron chi connectivity index (χ0n) is 6.31. The summed E-state index contributed by atoms with van der Waals surface area (Å²) in [7, 11) is 0. The van der Waals surface area contributed by atoms with Crippen LogP contribution in [0.25, 0.3) is 0 Å². The summed E-state index contributed by atoms with van der Waals surface area (Å²) in [4.78, 5) is 10.8. The van der Waals surface area contributed by atoms with Crippen molar-refractivity contribution < 1.29 is 4.79 Å². The van der Waals surface area contributed by atoms with Crippen LogP contribution >= 0.6 is 0 Å². The molecule has 1 heterocycles. The SMILES string of the molecule is C[C@@]1(C(N)=O)CCCCN1. The zero-order chi connectivity index (χ0) is 7.61. The highest BCUT2D eigenvalue weighted by molar-refractivity contribution is 5.84. The van der Waals surface area contributed by atoms with Crippen molar-refractivity contribution >= 4 is 5.91 Å². The van der Waals surface area contributed by atoms with Gasteiger partial charge in [0.05, 0.1) is 5.54 Å². The minimum atomic E-state index is -0.432. The standard InChI is InChI=1S/C7H14N2O/c1-7(6(8)10)4-2-3-5-9-7/h9H,2-5H2,1H3,(H2,8,10)/t7-/m0/s1. The summed E-state index contributed by atoms with van der Waals surface area (Å²) >= 11 is 0. The van der Waals surface area contributed by atoms with Gasteiger partial charge < -0.3 is 11.1 Å². The minimum Gasteiger partial charge on any atom is -0.368 e. The average Bonchev–Trinajstić information content (AvgIpc) is 1.89. The second kappa shape index (κ2) is 2.58. The lowest BCUT2D eigenvalue weighted by atomic mass is 9.90. The predicted molar refractivity (Wildman–Crippen MR) is 39.5 cm³/mol. The highest BCUT2D eigenvalue weighted by atomic mass is 16.1. The normalized spacial score (nSPS) is 33.7. The molecule has 3 N–H and O–H groups in total. The number of amides is 1. The van der Waals surface area contributed by atoms with E-state index in [4.69, 9.17) is 5.73 Å². The molecular weight excluding hydrogens is 128 g/mol. The van der Waals surface area contributed by atoms with E-state index in [2.05, 4.69) is 5.32 Å². The number of hydrogen-bond acceptors (Lipinski definition) is 2. The first kappa shape index (κ1) is 7.54. The number of carbonyl (C=O) groups excluding carboxylic acids is 1. The van der Waals surface area contributed by atoms with Crippen LogP contribution < -0.4 is 11.1 Å². The zero-order valence-corrected chi connectivity index (χ0v) is 6.31. The van der Waals surface area contributed by atoms with Crippen LogP contribution in [0.3, 0.4) is 0 Å². The van der Waals surface area contributed by atoms with Gasteiger partial charge in [-0.3, -0.25) is 4.79 Å². The molecule has 1 saturated heterocycles. The second-order valence-corrected chi connectivity index (χ2v) is 3.08. The van der Waals surface area contributed by atoms with E-state index in [0.717, 1.165) is 25.8 Å². The van der Waals surface area contributed by atoms with Gasteiger partial charge in [-0.15, -0.1) is 0 Å². The molecule has 0 saturated carbocycles. The molecule has 1 atom stereocenters. The monoisotopic (exact) mass is 142 g/mol. The Morgan fingerprint density at radius 3 is 2.60 bits per heavy atom. The fourth-order valence-corrected chi connectivity index (χ4v) is 1.27. The maximum absolute atomic E-state index is 10.8. The Labute approximate surface area is 61.0 Å². The first-order valence-corrected chi connectivity index (χ1v) is 3.70. The number of nitrogens with two attached hydrogens (primary N) is 1. The number of piperidine rings is 1. The van der Waals surface area contributed by atoms with Crippen molar-refractivity contribution in [2.75, 3.05) is 6.54 Å². The van der Waals surface area contributed by atoms with E-state index in [1.54, 1.807) is 0 Å². The topological polar surface area (TPSA) is 55.1 Å². The summed E-state index contributed by atoms with van der Waals surface area (Å²) < 4.78 is 0. The molecular formula is C7H14N2O. The molecule has 1 amide bonds. The third kappa shape index (κ3) is 1.29. The third-order valence-corrected chi connectivity index (χ3v) is 2.16. The Hall–Kier alpha value is -0.570. The highest BCUT2D eigenvalue weighted by Gasteiger charge is 2.31. The Morgan fingerprint density at radius 2 is 2.30 bits per heavy atom. The van der Waals surface area contributed by atoms with Crippen LogP contribution in [0.2, 0.25) is 0 Å². The Bertz CT molecular complexity index is 139. The average molecular weight is 142 g/mol. The molecule has 0 aromatic heterocycles. The maximum Gasteiger partial charge on any atom is 0.237 e. The first-order valence-electron chi connectivity index (χ1n) is 3.70. The van der Waals surface area contributed by atoms with Gasteiger partial charge in [-0.1, -0.05) is 0 Å². The van der Waals surface area contributed by atoms with Gasteiger partial charge in [-0.2, -0.15) is 0 Å². The van der Waals surface area contributed by atoms with Crippen LogP contribution in [0.5, 0.6) is 0 Å². The van der Waals surface area contributed by atoms with Crippen molar-refractivity contribution in [2.24, 2.45) is 5.73 Å². The van der Waals surface area contributed by atoms with Gasteiger partial charge in [0.1, 0.15) is 0 Å². The minimum absolute atomic E-state index is 0.229. The molecule has 1 aliphatic heterocycles. The number of primary amides is 1. The van der Waals surface area contributed by atoms with Gasteiger partial charge in [0.2, 0.25) is 5.91 Å². The summed E-state index contributed by atoms with van der Waals surface area (Å²) in [5.41, 5.74) is 4.77. The predicted octanol–water partition coefficient (Wildman–Crippen LogP) is 0.00390. The summed E-state index contributed by atoms with van der Waals surface area (Å²) in [5, 5.41) is 3.12. The Kier molecular flexibility index (Phi) is 1.94. The molecule has 0 aromatic carbocycles. The number of nitrogens with one attached hydrogen (secondary N) is 1. The molecule has 0 aromatic rings. The van der Waals surface area contributed by atoms with Crippen molar-refractivity contribution in [1.82, 2.24) is 5.32 Å². The van der Waals surface area contributed by atoms with E-state index in [1.165, 1.54) is 0 Å². The van der Waals surface area contributed by atoms with E-state index in [-0.39, 0.29) is 5.91 Å². The van der Waals surface area contributed by atoms with Crippen LogP contribution in [-0.2, 0) is 4.79 Å². The fourth-order valence-electron chi connectivity index (χ4n) is 1.27. The van der Waals surface area contributed by atoms with Crippen molar-refractivity contribution in [2.45, 2.75) is 31.7 Å². The van der Waals surface area contributed by atoms with E-state index in [9.17, 15) is 4.79 Å². The van der Waals surface area contributed by atoms with Gasteiger partial charge in [-0.25, -0.2) is 0 Å². The van der Waals surface area contributed by atoms with Crippen molar-refractivity contribution in [3.63, 3.8) is 0 Å². The van der Waals surface area contributed by atoms with Crippen LogP contribution in [0.15, 0.2) is 0 Å². The molecule has 0 unspecified atom stereocenters. The molecule has 1 aliphatic rings. The van der Waals surface area contributed by atoms with Crippen molar-refractivity contribution in [3.8, 4) is 0 Å². The molecule has 0 aliphatic carbocycles. The van der Waals surface area contributed by atoms with Gasteiger partial charge in [0.15, 0.2) is 0 Å². The molecule has 0 spiro atoms. The highest BCUT2D eigenvalue weighted by Crippen LogP contribution is 2.17. The summed E-state index contributed by atoms with van der Waals surface area (Å²) in [6.45, 7) is 2.79. The lowest BCUT2D eigenvalue weighted by Gasteiger charge is -2.31. The van der Waals surface area contributed by atoms with Crippen molar-refractivity contribution in [3.05, 3.63) is 0 Å². The van der Waals surface area contributed by atoms with E-state index >= 15 is 0 Å². The smallest absolute Gasteiger partial charge is 0.237 e. The summed E-state index contributed by atoms with van der Waals surface area (Å²) in [6.07, 6.45) is 3.14. The van der Waals surface area contributed by atoms with E-state index in [0.29, 0.717) is 0 Å². The number of rotatable bonds is 1. The number of carbonyl (C=O) groups is 1. The molecule has 1 fully saturated rings. The molecule has 10 heavy (non-hydrogen) atoms. The van der Waals surface area contributed by atoms with Crippen molar-refractivity contribution in [1.29, 1.82) is 0 Å². The quantitative estimate of drug-likeness (QED) is 0.541. The molecule has 0 radical (unpaired) electrons. The lowest BCUT2D eigenvalue weighted by Crippen LogP contribution is -2.55. The summed E-state index contributed by atoms with van der Waals surface area (Å²) in [5.74, 6) is -0.229. The molecule has 3 nitrogen and oxygen atoms in total. The second-order valence-electron chi connectivity index (χ2n) is 3.08. The van der Waals surface area contributed by atoms with Crippen LogP contribution in [0.1, 0.15) is 26.2 Å². The maximum atomic E-state index is 10.8. The first-order chi connectivity index (χ1) is 4.65. The van der Waals surface area contributed by atoms with E-state index in [1.807, 2.05) is 6.92 Å².